The van der Waals surface area contributed by atoms with E-state index in [0.29, 0.717) is 31.2 Å². The number of aryl methyl sites for hydroxylation is 1. The maximum Gasteiger partial charge on any atom is 0.227 e. The van der Waals surface area contributed by atoms with Crippen molar-refractivity contribution in [2.75, 3.05) is 6.61 Å². The molecule has 0 saturated carbocycles. The summed E-state index contributed by atoms with van der Waals surface area (Å²) in [6.45, 7) is 6.65. The van der Waals surface area contributed by atoms with Crippen LogP contribution in [-0.2, 0) is 16.6 Å². The lowest BCUT2D eigenvalue weighted by atomic mass is 9.96. The minimum Gasteiger partial charge on any atom is -0.492 e. The molecule has 0 aliphatic carbocycles. The molecule has 1 N–H and O–H groups in total. The van der Waals surface area contributed by atoms with Gasteiger partial charge in [0, 0.05) is 30.2 Å². The molecule has 0 radical (unpaired) electrons. The predicted molar refractivity (Wildman–Crippen MR) is 96.5 cm³/mol. The molecule has 1 aromatic heterocycles. The zero-order valence-corrected chi connectivity index (χ0v) is 16.2. The first-order valence-electron chi connectivity index (χ1n) is 8.38. The molecule has 6 nitrogen and oxygen atoms in total. The monoisotopic (exact) mass is 407 g/mol. The van der Waals surface area contributed by atoms with E-state index in [1.165, 1.54) is 0 Å². The van der Waals surface area contributed by atoms with Crippen molar-refractivity contribution in [2.24, 2.45) is 0 Å². The molecule has 25 heavy (non-hydrogen) atoms. The molecule has 1 aliphatic rings. The normalized spacial score (nSPS) is 16.9. The third-order valence-corrected chi connectivity index (χ3v) is 4.69. The van der Waals surface area contributed by atoms with Gasteiger partial charge in [-0.05, 0) is 22.0 Å². The first kappa shape index (κ1) is 17.9. The third kappa shape index (κ3) is 4.21. The number of carbonyl (C=O) groups is 1. The molecule has 2 heterocycles. The van der Waals surface area contributed by atoms with E-state index in [4.69, 9.17) is 9.26 Å². The van der Waals surface area contributed by atoms with Gasteiger partial charge in [0.25, 0.3) is 0 Å². The number of carbonyl (C=O) groups excluding carboxylic acids is 1. The largest absolute Gasteiger partial charge is 0.492 e. The van der Waals surface area contributed by atoms with Gasteiger partial charge < -0.3 is 14.6 Å². The summed E-state index contributed by atoms with van der Waals surface area (Å²) in [7, 11) is 0. The van der Waals surface area contributed by atoms with Gasteiger partial charge in [0.05, 0.1) is 17.1 Å². The van der Waals surface area contributed by atoms with Gasteiger partial charge in [-0.2, -0.15) is 4.98 Å². The summed E-state index contributed by atoms with van der Waals surface area (Å²) >= 11 is 3.49. The second-order valence-corrected chi connectivity index (χ2v) is 8.03. The van der Waals surface area contributed by atoms with Crippen molar-refractivity contribution in [3.63, 3.8) is 0 Å². The Morgan fingerprint density at radius 2 is 2.20 bits per heavy atom. The molecule has 134 valence electrons. The van der Waals surface area contributed by atoms with E-state index < -0.39 is 0 Å². The van der Waals surface area contributed by atoms with Crippen LogP contribution in [0, 0.1) is 0 Å². The average Bonchev–Trinajstić information content (AvgIpc) is 3.03. The van der Waals surface area contributed by atoms with E-state index in [-0.39, 0.29) is 17.4 Å². The minimum absolute atomic E-state index is 0.0339. The number of benzene rings is 1. The molecule has 0 saturated heterocycles. The number of fused-ring (bicyclic) bond motifs is 1. The van der Waals surface area contributed by atoms with Gasteiger partial charge in [-0.3, -0.25) is 4.79 Å². The fourth-order valence-corrected chi connectivity index (χ4v) is 3.18. The Morgan fingerprint density at radius 3 is 2.92 bits per heavy atom. The fourth-order valence-electron chi connectivity index (χ4n) is 2.68. The van der Waals surface area contributed by atoms with Crippen molar-refractivity contribution >= 4 is 21.8 Å². The van der Waals surface area contributed by atoms with Crippen LogP contribution < -0.4 is 10.1 Å². The Morgan fingerprint density at radius 1 is 1.40 bits per heavy atom. The molecule has 1 amide bonds. The lowest BCUT2D eigenvalue weighted by Gasteiger charge is -2.27. The van der Waals surface area contributed by atoms with E-state index in [2.05, 4.69) is 31.4 Å². The van der Waals surface area contributed by atoms with Crippen molar-refractivity contribution in [3.8, 4) is 5.75 Å². The van der Waals surface area contributed by atoms with Crippen LogP contribution in [0.5, 0.6) is 5.75 Å². The van der Waals surface area contributed by atoms with Crippen molar-refractivity contribution in [1.82, 2.24) is 15.5 Å². The zero-order chi connectivity index (χ0) is 18.0. The van der Waals surface area contributed by atoms with E-state index in [1.807, 2.05) is 39.0 Å². The van der Waals surface area contributed by atoms with Crippen LogP contribution >= 0.6 is 15.9 Å². The maximum absolute atomic E-state index is 12.3. The molecule has 2 aromatic rings. The van der Waals surface area contributed by atoms with Crippen LogP contribution in [0.2, 0.25) is 0 Å². The standard InChI is InChI=1S/C18H22BrN3O3/c1-18(2,3)17-21-15(25-22-17)8-7-14(23)20-13-9-10-24-16-11(13)5-4-6-12(16)19/h4-6,13H,7-10H2,1-3H3,(H,20,23). The first-order valence-corrected chi connectivity index (χ1v) is 9.17. The van der Waals surface area contributed by atoms with Crippen LogP contribution in [0.4, 0.5) is 0 Å². The van der Waals surface area contributed by atoms with E-state index in [0.717, 1.165) is 22.2 Å². The molecule has 1 atom stereocenters. The second kappa shape index (κ2) is 7.15. The summed E-state index contributed by atoms with van der Waals surface area (Å²) in [4.78, 5) is 16.7. The lowest BCUT2D eigenvalue weighted by Crippen LogP contribution is -2.32. The summed E-state index contributed by atoms with van der Waals surface area (Å²) < 4.78 is 11.8. The SMILES string of the molecule is CC(C)(C)c1noc(CCC(=O)NC2CCOc3c(Br)cccc32)n1. The van der Waals surface area contributed by atoms with Crippen LogP contribution in [0.15, 0.2) is 27.2 Å². The maximum atomic E-state index is 12.3. The van der Waals surface area contributed by atoms with E-state index in [9.17, 15) is 4.79 Å². The van der Waals surface area contributed by atoms with E-state index >= 15 is 0 Å². The van der Waals surface area contributed by atoms with E-state index in [1.54, 1.807) is 0 Å². The molecular formula is C18H22BrN3O3. The van der Waals surface area contributed by atoms with Gasteiger partial charge in [-0.1, -0.05) is 38.1 Å². The Kier molecular flexibility index (Phi) is 5.13. The molecule has 1 aromatic carbocycles. The van der Waals surface area contributed by atoms with Crippen molar-refractivity contribution in [3.05, 3.63) is 40.0 Å². The first-order chi connectivity index (χ1) is 11.8. The molecule has 1 aliphatic heterocycles. The van der Waals surface area contributed by atoms with Crippen molar-refractivity contribution < 1.29 is 14.1 Å². The number of amides is 1. The third-order valence-electron chi connectivity index (χ3n) is 4.07. The lowest BCUT2D eigenvalue weighted by molar-refractivity contribution is -0.122. The highest BCUT2D eigenvalue weighted by molar-refractivity contribution is 9.10. The highest BCUT2D eigenvalue weighted by atomic mass is 79.9. The second-order valence-electron chi connectivity index (χ2n) is 7.18. The summed E-state index contributed by atoms with van der Waals surface area (Å²) in [5.41, 5.74) is 0.838. The van der Waals surface area contributed by atoms with Gasteiger partial charge in [-0.15, -0.1) is 0 Å². The van der Waals surface area contributed by atoms with Crippen LogP contribution in [-0.4, -0.2) is 22.7 Å². The Balaban J connectivity index is 1.59. The Hall–Kier alpha value is -1.89. The Labute approximate surface area is 155 Å². The smallest absolute Gasteiger partial charge is 0.227 e. The molecule has 0 spiro atoms. The predicted octanol–water partition coefficient (Wildman–Crippen LogP) is 3.70. The number of halogens is 1. The Bertz CT molecular complexity index is 767. The number of ether oxygens (including phenoxy) is 1. The van der Waals surface area contributed by atoms with Gasteiger partial charge in [0.15, 0.2) is 5.82 Å². The highest BCUT2D eigenvalue weighted by Gasteiger charge is 2.25. The zero-order valence-electron chi connectivity index (χ0n) is 14.6. The number of hydrogen-bond acceptors (Lipinski definition) is 5. The molecule has 0 fully saturated rings. The number of para-hydroxylation sites is 1. The minimum atomic E-state index is -0.163. The molecule has 3 rings (SSSR count). The number of rotatable bonds is 4. The van der Waals surface area contributed by atoms with Crippen molar-refractivity contribution in [2.45, 2.75) is 51.5 Å². The molecule has 7 heteroatoms. The average molecular weight is 408 g/mol. The number of aromatic nitrogens is 2. The summed E-state index contributed by atoms with van der Waals surface area (Å²) in [6.07, 6.45) is 1.50. The summed E-state index contributed by atoms with van der Waals surface area (Å²) in [6, 6.07) is 5.83. The van der Waals surface area contributed by atoms with Crippen LogP contribution in [0.25, 0.3) is 0 Å². The van der Waals surface area contributed by atoms with Crippen LogP contribution in [0.3, 0.4) is 0 Å². The summed E-state index contributed by atoms with van der Waals surface area (Å²) in [5, 5.41) is 7.06. The molecule has 1 unspecified atom stereocenters. The number of nitrogens with zero attached hydrogens (tertiary/aromatic N) is 2. The van der Waals surface area contributed by atoms with Gasteiger partial charge in [0.2, 0.25) is 11.8 Å². The molecular weight excluding hydrogens is 386 g/mol. The van der Waals surface area contributed by atoms with Gasteiger partial charge >= 0.3 is 0 Å². The number of nitrogens with one attached hydrogen (secondary N) is 1. The quantitative estimate of drug-likeness (QED) is 0.835. The number of hydrogen-bond donors (Lipinski definition) is 1. The van der Waals surface area contributed by atoms with Gasteiger partial charge in [0.1, 0.15) is 5.75 Å². The van der Waals surface area contributed by atoms with Gasteiger partial charge in [-0.25, -0.2) is 0 Å². The summed E-state index contributed by atoms with van der Waals surface area (Å²) in [5.74, 6) is 1.93. The fraction of sp³-hybridized carbons (Fsp3) is 0.500. The van der Waals surface area contributed by atoms with Crippen molar-refractivity contribution in [1.29, 1.82) is 0 Å². The highest BCUT2D eigenvalue weighted by Crippen LogP contribution is 2.37. The molecule has 0 bridgehead atoms. The topological polar surface area (TPSA) is 77.2 Å². The van der Waals surface area contributed by atoms with Crippen LogP contribution in [0.1, 0.15) is 56.9 Å².